The van der Waals surface area contributed by atoms with Gasteiger partial charge in [-0.25, -0.2) is 0 Å². The van der Waals surface area contributed by atoms with Crippen LogP contribution in [0.5, 0.6) is 0 Å². The number of amides is 1. The van der Waals surface area contributed by atoms with Gasteiger partial charge in [0.15, 0.2) is 5.96 Å². The van der Waals surface area contributed by atoms with Crippen LogP contribution in [0.25, 0.3) is 0 Å². The Kier molecular flexibility index (Phi) is 11.0. The zero-order chi connectivity index (χ0) is 19.8. The third-order valence-corrected chi connectivity index (χ3v) is 6.43. The number of likely N-dealkylation sites (tertiary alicyclic amines) is 2. The summed E-state index contributed by atoms with van der Waals surface area (Å²) in [6.07, 6.45) is 6.25. The third-order valence-electron chi connectivity index (χ3n) is 6.43. The number of nitrogens with one attached hydrogen (secondary N) is 1. The summed E-state index contributed by atoms with van der Waals surface area (Å²) in [6, 6.07) is 0.590. The Morgan fingerprint density at radius 3 is 2.28 bits per heavy atom. The maximum absolute atomic E-state index is 12.4. The molecule has 7 nitrogen and oxygen atoms in total. The van der Waals surface area contributed by atoms with Gasteiger partial charge in [-0.2, -0.15) is 0 Å². The van der Waals surface area contributed by atoms with E-state index in [1.807, 2.05) is 4.90 Å². The van der Waals surface area contributed by atoms with Gasteiger partial charge in [0.2, 0.25) is 5.91 Å². The molecule has 3 aliphatic heterocycles. The van der Waals surface area contributed by atoms with Gasteiger partial charge in [0.05, 0.1) is 13.1 Å². The first kappa shape index (κ1) is 24.7. The molecule has 8 heteroatoms. The number of hydrogen-bond donors (Lipinski definition) is 1. The van der Waals surface area contributed by atoms with Crippen LogP contribution in [0.1, 0.15) is 46.0 Å². The minimum absolute atomic E-state index is 0. The Hall–Kier alpha value is -0.610. The van der Waals surface area contributed by atoms with Gasteiger partial charge in [-0.3, -0.25) is 19.6 Å². The molecule has 0 saturated carbocycles. The number of halogens is 1. The monoisotopic (exact) mass is 520 g/mol. The molecule has 0 radical (unpaired) electrons. The Morgan fingerprint density at radius 2 is 1.62 bits per heavy atom. The molecule has 168 valence electrons. The Bertz CT molecular complexity index is 517. The minimum Gasteiger partial charge on any atom is -0.357 e. The molecule has 1 atom stereocenters. The van der Waals surface area contributed by atoms with E-state index in [2.05, 4.69) is 33.9 Å². The van der Waals surface area contributed by atoms with Crippen LogP contribution in [0.4, 0.5) is 0 Å². The lowest BCUT2D eigenvalue weighted by Gasteiger charge is -2.37. The number of piperidine rings is 1. The van der Waals surface area contributed by atoms with Crippen LogP contribution in [0.2, 0.25) is 0 Å². The van der Waals surface area contributed by atoms with Crippen molar-refractivity contribution in [2.75, 3.05) is 72.0 Å². The molecule has 0 bridgehead atoms. The lowest BCUT2D eigenvalue weighted by molar-refractivity contribution is -0.131. The molecule has 3 rings (SSSR count). The number of rotatable bonds is 6. The van der Waals surface area contributed by atoms with Gasteiger partial charge in [0.25, 0.3) is 0 Å². The number of nitrogens with zero attached hydrogens (tertiary/aromatic N) is 5. The van der Waals surface area contributed by atoms with Crippen molar-refractivity contribution in [3.05, 3.63) is 0 Å². The number of likely N-dealkylation sites (N-methyl/N-ethyl adjacent to an activating group) is 1. The maximum atomic E-state index is 12.4. The number of carbonyl (C=O) groups is 1. The number of guanidine groups is 1. The summed E-state index contributed by atoms with van der Waals surface area (Å²) >= 11 is 0. The van der Waals surface area contributed by atoms with Crippen LogP contribution in [0, 0.1) is 0 Å². The number of carbonyl (C=O) groups excluding carboxylic acids is 1. The van der Waals surface area contributed by atoms with E-state index in [1.165, 1.54) is 38.6 Å². The van der Waals surface area contributed by atoms with E-state index in [0.717, 1.165) is 64.9 Å². The standard InChI is InChI=1S/C21H40N6O.HI/c1-3-22-21(23-17-19-9-5-6-10-25(19)4-2)27-15-13-24(14-16-27)18-20(28)26-11-7-8-12-26;/h19H,3-18H2,1-2H3,(H,22,23);1H. The van der Waals surface area contributed by atoms with Gasteiger partial charge in [-0.15, -0.1) is 24.0 Å². The summed E-state index contributed by atoms with van der Waals surface area (Å²) in [4.78, 5) is 26.7. The second-order valence-electron chi connectivity index (χ2n) is 8.32. The highest BCUT2D eigenvalue weighted by Crippen LogP contribution is 2.17. The van der Waals surface area contributed by atoms with E-state index >= 15 is 0 Å². The predicted octanol–water partition coefficient (Wildman–Crippen LogP) is 1.68. The molecule has 3 heterocycles. The fourth-order valence-electron chi connectivity index (χ4n) is 4.68. The van der Waals surface area contributed by atoms with Crippen LogP contribution in [-0.4, -0.2) is 110 Å². The van der Waals surface area contributed by atoms with E-state index in [0.29, 0.717) is 18.5 Å². The number of piperazine rings is 1. The first-order valence-corrected chi connectivity index (χ1v) is 11.5. The second kappa shape index (κ2) is 12.9. The molecule has 0 aromatic carbocycles. The van der Waals surface area contributed by atoms with Crippen LogP contribution in [0.3, 0.4) is 0 Å². The number of hydrogen-bond acceptors (Lipinski definition) is 4. The topological polar surface area (TPSA) is 54.4 Å². The zero-order valence-electron chi connectivity index (χ0n) is 18.4. The zero-order valence-corrected chi connectivity index (χ0v) is 20.8. The van der Waals surface area contributed by atoms with Crippen molar-refractivity contribution in [1.82, 2.24) is 24.9 Å². The van der Waals surface area contributed by atoms with Crippen molar-refractivity contribution in [3.8, 4) is 0 Å². The summed E-state index contributed by atoms with van der Waals surface area (Å²) in [5, 5.41) is 3.49. The largest absolute Gasteiger partial charge is 0.357 e. The molecule has 0 spiro atoms. The highest BCUT2D eigenvalue weighted by atomic mass is 127. The summed E-state index contributed by atoms with van der Waals surface area (Å²) < 4.78 is 0. The van der Waals surface area contributed by atoms with Crippen molar-refractivity contribution in [1.29, 1.82) is 0 Å². The van der Waals surface area contributed by atoms with Crippen molar-refractivity contribution < 1.29 is 4.79 Å². The van der Waals surface area contributed by atoms with Crippen molar-refractivity contribution in [2.45, 2.75) is 52.0 Å². The van der Waals surface area contributed by atoms with E-state index in [9.17, 15) is 4.79 Å². The Balaban J connectivity index is 0.00000300. The summed E-state index contributed by atoms with van der Waals surface area (Å²) in [7, 11) is 0. The molecule has 3 aliphatic rings. The Morgan fingerprint density at radius 1 is 0.931 bits per heavy atom. The SMILES string of the molecule is CCNC(=NCC1CCCCN1CC)N1CCN(CC(=O)N2CCCC2)CC1.I. The van der Waals surface area contributed by atoms with Gasteiger partial charge < -0.3 is 15.1 Å². The van der Waals surface area contributed by atoms with Crippen LogP contribution < -0.4 is 5.32 Å². The van der Waals surface area contributed by atoms with Crippen molar-refractivity contribution in [3.63, 3.8) is 0 Å². The summed E-state index contributed by atoms with van der Waals surface area (Å²) in [5.41, 5.74) is 0. The second-order valence-corrected chi connectivity index (χ2v) is 8.32. The lowest BCUT2D eigenvalue weighted by Crippen LogP contribution is -2.54. The maximum Gasteiger partial charge on any atom is 0.236 e. The highest BCUT2D eigenvalue weighted by Gasteiger charge is 2.25. The van der Waals surface area contributed by atoms with Gasteiger partial charge in [0.1, 0.15) is 0 Å². The average molecular weight is 521 g/mol. The first-order chi connectivity index (χ1) is 13.7. The van der Waals surface area contributed by atoms with E-state index < -0.39 is 0 Å². The molecule has 0 aromatic rings. The van der Waals surface area contributed by atoms with Crippen molar-refractivity contribution >= 4 is 35.8 Å². The molecule has 29 heavy (non-hydrogen) atoms. The molecule has 1 amide bonds. The predicted molar refractivity (Wildman–Crippen MR) is 130 cm³/mol. The van der Waals surface area contributed by atoms with Crippen LogP contribution in [-0.2, 0) is 4.79 Å². The van der Waals surface area contributed by atoms with Crippen LogP contribution >= 0.6 is 24.0 Å². The lowest BCUT2D eigenvalue weighted by atomic mass is 10.0. The molecular formula is C21H41IN6O. The molecule has 1 N–H and O–H groups in total. The highest BCUT2D eigenvalue weighted by molar-refractivity contribution is 14.0. The molecule has 0 aliphatic carbocycles. The first-order valence-electron chi connectivity index (χ1n) is 11.5. The molecule has 3 fully saturated rings. The normalized spacial score (nSPS) is 24.5. The van der Waals surface area contributed by atoms with Gasteiger partial charge in [-0.05, 0) is 45.7 Å². The summed E-state index contributed by atoms with van der Waals surface area (Å²) in [5.74, 6) is 1.36. The van der Waals surface area contributed by atoms with E-state index in [4.69, 9.17) is 4.99 Å². The molecule has 3 saturated heterocycles. The van der Waals surface area contributed by atoms with Crippen molar-refractivity contribution in [2.24, 2.45) is 4.99 Å². The molecule has 1 unspecified atom stereocenters. The fraction of sp³-hybridized carbons (Fsp3) is 0.905. The third kappa shape index (κ3) is 7.24. The quantitative estimate of drug-likeness (QED) is 0.328. The minimum atomic E-state index is 0. The van der Waals surface area contributed by atoms with E-state index in [1.54, 1.807) is 0 Å². The Labute approximate surface area is 194 Å². The molecular weight excluding hydrogens is 479 g/mol. The van der Waals surface area contributed by atoms with E-state index in [-0.39, 0.29) is 24.0 Å². The summed E-state index contributed by atoms with van der Waals surface area (Å²) in [6.45, 7) is 14.8. The number of aliphatic imine (C=N–C) groups is 1. The van der Waals surface area contributed by atoms with Crippen LogP contribution in [0.15, 0.2) is 4.99 Å². The molecule has 0 aromatic heterocycles. The smallest absolute Gasteiger partial charge is 0.236 e. The van der Waals surface area contributed by atoms with Gasteiger partial charge in [-0.1, -0.05) is 13.3 Å². The average Bonchev–Trinajstić information content (AvgIpc) is 3.27. The fourth-order valence-corrected chi connectivity index (χ4v) is 4.68. The van der Waals surface area contributed by atoms with Gasteiger partial charge in [0, 0.05) is 51.9 Å². The van der Waals surface area contributed by atoms with Gasteiger partial charge >= 0.3 is 0 Å².